The first kappa shape index (κ1) is 11.7. The van der Waals surface area contributed by atoms with Gasteiger partial charge in [-0.05, 0) is 19.9 Å². The van der Waals surface area contributed by atoms with Crippen molar-refractivity contribution in [3.05, 3.63) is 23.3 Å². The van der Waals surface area contributed by atoms with E-state index in [0.29, 0.717) is 18.5 Å². The Morgan fingerprint density at radius 3 is 2.60 bits per heavy atom. The van der Waals surface area contributed by atoms with Gasteiger partial charge in [0.1, 0.15) is 5.75 Å². The predicted molar refractivity (Wildman–Crippen MR) is 57.6 cm³/mol. The molecule has 0 fully saturated rings. The number of aldehydes is 1. The standard InChI is InChI=1S/C10H13BO4/c1-3-15-10-8(6-12)4-7(2)5-9(10)11(13)14/h4-6,13-14H,3H2,1-2H3. The van der Waals surface area contributed by atoms with Gasteiger partial charge < -0.3 is 14.8 Å². The Morgan fingerprint density at radius 1 is 1.47 bits per heavy atom. The molecule has 0 aliphatic rings. The summed E-state index contributed by atoms with van der Waals surface area (Å²) in [5.41, 5.74) is 1.34. The lowest BCUT2D eigenvalue weighted by Crippen LogP contribution is -2.32. The largest absolute Gasteiger partial charge is 0.493 e. The summed E-state index contributed by atoms with van der Waals surface area (Å²) in [5, 5.41) is 18.3. The first-order valence-electron chi connectivity index (χ1n) is 4.68. The second-order valence-corrected chi connectivity index (χ2v) is 3.20. The molecule has 1 rings (SSSR count). The highest BCUT2D eigenvalue weighted by molar-refractivity contribution is 6.60. The topological polar surface area (TPSA) is 66.8 Å². The molecule has 5 heteroatoms. The summed E-state index contributed by atoms with van der Waals surface area (Å²) in [4.78, 5) is 10.8. The zero-order chi connectivity index (χ0) is 11.4. The summed E-state index contributed by atoms with van der Waals surface area (Å²) in [7, 11) is -1.63. The predicted octanol–water partition coefficient (Wildman–Crippen LogP) is -0.114. The van der Waals surface area contributed by atoms with Gasteiger partial charge in [0, 0.05) is 5.46 Å². The molecular formula is C10H13BO4. The molecule has 0 saturated carbocycles. The average Bonchev–Trinajstić information content (AvgIpc) is 2.19. The van der Waals surface area contributed by atoms with Crippen molar-refractivity contribution < 1.29 is 19.6 Å². The van der Waals surface area contributed by atoms with Gasteiger partial charge in [0.2, 0.25) is 0 Å². The van der Waals surface area contributed by atoms with Crippen molar-refractivity contribution in [3.8, 4) is 5.75 Å². The van der Waals surface area contributed by atoms with Crippen LogP contribution in [0.1, 0.15) is 22.8 Å². The van der Waals surface area contributed by atoms with Gasteiger partial charge in [-0.2, -0.15) is 0 Å². The highest BCUT2D eigenvalue weighted by atomic mass is 16.5. The van der Waals surface area contributed by atoms with E-state index in [1.807, 2.05) is 0 Å². The molecule has 0 bridgehead atoms. The van der Waals surface area contributed by atoms with Crippen LogP contribution in [0, 0.1) is 6.92 Å². The third-order valence-corrected chi connectivity index (χ3v) is 1.98. The molecule has 0 aliphatic carbocycles. The molecule has 0 saturated heterocycles. The average molecular weight is 208 g/mol. The van der Waals surface area contributed by atoms with Crippen LogP contribution in [0.25, 0.3) is 0 Å². The van der Waals surface area contributed by atoms with E-state index in [0.717, 1.165) is 5.56 Å². The van der Waals surface area contributed by atoms with E-state index in [1.54, 1.807) is 26.0 Å². The molecule has 4 nitrogen and oxygen atoms in total. The van der Waals surface area contributed by atoms with Crippen molar-refractivity contribution in [2.75, 3.05) is 6.61 Å². The SMILES string of the molecule is CCOc1c(C=O)cc(C)cc1B(O)O. The van der Waals surface area contributed by atoms with Crippen molar-refractivity contribution in [1.82, 2.24) is 0 Å². The third-order valence-electron chi connectivity index (χ3n) is 1.98. The molecule has 80 valence electrons. The van der Waals surface area contributed by atoms with Crippen molar-refractivity contribution in [1.29, 1.82) is 0 Å². The Hall–Kier alpha value is -1.33. The third kappa shape index (κ3) is 2.58. The molecule has 0 atom stereocenters. The van der Waals surface area contributed by atoms with Crippen LogP contribution >= 0.6 is 0 Å². The van der Waals surface area contributed by atoms with Gasteiger partial charge >= 0.3 is 7.12 Å². The summed E-state index contributed by atoms with van der Waals surface area (Å²) in [6, 6.07) is 3.23. The number of rotatable bonds is 4. The quantitative estimate of drug-likeness (QED) is 0.535. The van der Waals surface area contributed by atoms with E-state index in [9.17, 15) is 4.79 Å². The van der Waals surface area contributed by atoms with Gasteiger partial charge in [0.25, 0.3) is 0 Å². The van der Waals surface area contributed by atoms with Crippen LogP contribution in [0.2, 0.25) is 0 Å². The lowest BCUT2D eigenvalue weighted by Gasteiger charge is -2.12. The van der Waals surface area contributed by atoms with Crippen LogP contribution in [0.15, 0.2) is 12.1 Å². The monoisotopic (exact) mass is 208 g/mol. The minimum atomic E-state index is -1.63. The van der Waals surface area contributed by atoms with E-state index >= 15 is 0 Å². The fourth-order valence-corrected chi connectivity index (χ4v) is 1.42. The molecule has 0 aromatic heterocycles. The Morgan fingerprint density at radius 2 is 2.13 bits per heavy atom. The first-order chi connectivity index (χ1) is 7.10. The minimum Gasteiger partial charge on any atom is -0.493 e. The molecular weight excluding hydrogens is 195 g/mol. The lowest BCUT2D eigenvalue weighted by molar-refractivity contribution is 0.112. The summed E-state index contributed by atoms with van der Waals surface area (Å²) >= 11 is 0. The summed E-state index contributed by atoms with van der Waals surface area (Å²) < 4.78 is 5.22. The van der Waals surface area contributed by atoms with E-state index in [4.69, 9.17) is 14.8 Å². The highest BCUT2D eigenvalue weighted by Crippen LogP contribution is 2.16. The second-order valence-electron chi connectivity index (χ2n) is 3.20. The van der Waals surface area contributed by atoms with Crippen molar-refractivity contribution in [3.63, 3.8) is 0 Å². The van der Waals surface area contributed by atoms with E-state index < -0.39 is 7.12 Å². The normalized spacial score (nSPS) is 9.87. The molecule has 0 radical (unpaired) electrons. The molecule has 2 N–H and O–H groups in total. The highest BCUT2D eigenvalue weighted by Gasteiger charge is 2.20. The van der Waals surface area contributed by atoms with Gasteiger partial charge in [-0.15, -0.1) is 0 Å². The maximum absolute atomic E-state index is 10.8. The molecule has 0 unspecified atom stereocenters. The van der Waals surface area contributed by atoms with Gasteiger partial charge in [-0.3, -0.25) is 4.79 Å². The van der Waals surface area contributed by atoms with Gasteiger partial charge in [0.15, 0.2) is 6.29 Å². The van der Waals surface area contributed by atoms with E-state index in [-0.39, 0.29) is 11.2 Å². The fraction of sp³-hybridized carbons (Fsp3) is 0.300. The minimum absolute atomic E-state index is 0.221. The number of hydrogen-bond donors (Lipinski definition) is 2. The van der Waals surface area contributed by atoms with E-state index in [2.05, 4.69) is 0 Å². The fourth-order valence-electron chi connectivity index (χ4n) is 1.42. The first-order valence-corrected chi connectivity index (χ1v) is 4.68. The lowest BCUT2D eigenvalue weighted by atomic mass is 9.77. The molecule has 1 aromatic carbocycles. The maximum Gasteiger partial charge on any atom is 0.492 e. The molecule has 0 spiro atoms. The van der Waals surface area contributed by atoms with Crippen LogP contribution in [-0.4, -0.2) is 30.1 Å². The van der Waals surface area contributed by atoms with Gasteiger partial charge in [-0.25, -0.2) is 0 Å². The van der Waals surface area contributed by atoms with Crippen molar-refractivity contribution >= 4 is 18.9 Å². The van der Waals surface area contributed by atoms with Crippen LogP contribution < -0.4 is 10.2 Å². The summed E-state index contributed by atoms with van der Waals surface area (Å²) in [6.45, 7) is 3.90. The Balaban J connectivity index is 3.33. The maximum atomic E-state index is 10.8. The molecule has 0 heterocycles. The number of benzene rings is 1. The van der Waals surface area contributed by atoms with Gasteiger partial charge in [-0.1, -0.05) is 11.6 Å². The summed E-state index contributed by atoms with van der Waals surface area (Å²) in [5.74, 6) is 0.244. The Bertz CT molecular complexity index is 363. The van der Waals surface area contributed by atoms with Crippen molar-refractivity contribution in [2.45, 2.75) is 13.8 Å². The van der Waals surface area contributed by atoms with Gasteiger partial charge in [0.05, 0.1) is 12.2 Å². The van der Waals surface area contributed by atoms with Crippen LogP contribution in [0.5, 0.6) is 5.75 Å². The number of hydrogen-bond acceptors (Lipinski definition) is 4. The number of carbonyl (C=O) groups is 1. The van der Waals surface area contributed by atoms with Crippen LogP contribution in [0.3, 0.4) is 0 Å². The van der Waals surface area contributed by atoms with Crippen LogP contribution in [0.4, 0.5) is 0 Å². The second kappa shape index (κ2) is 4.95. The van der Waals surface area contributed by atoms with Crippen molar-refractivity contribution in [2.24, 2.45) is 0 Å². The Kier molecular flexibility index (Phi) is 3.88. The summed E-state index contributed by atoms with van der Waals surface area (Å²) in [6.07, 6.45) is 0.643. The molecule has 0 aliphatic heterocycles. The van der Waals surface area contributed by atoms with E-state index in [1.165, 1.54) is 0 Å². The molecule has 0 amide bonds. The number of ether oxygens (including phenoxy) is 1. The zero-order valence-electron chi connectivity index (χ0n) is 8.73. The van der Waals surface area contributed by atoms with Crippen LogP contribution in [-0.2, 0) is 0 Å². The number of carbonyl (C=O) groups excluding carboxylic acids is 1. The number of aryl methyl sites for hydroxylation is 1. The Labute approximate surface area is 88.6 Å². The smallest absolute Gasteiger partial charge is 0.492 e. The molecule has 15 heavy (non-hydrogen) atoms. The zero-order valence-corrected chi connectivity index (χ0v) is 8.73. The molecule has 1 aromatic rings.